The van der Waals surface area contributed by atoms with Crippen molar-refractivity contribution in [3.63, 3.8) is 0 Å². The van der Waals surface area contributed by atoms with Crippen LogP contribution < -0.4 is 5.32 Å². The summed E-state index contributed by atoms with van der Waals surface area (Å²) in [6.45, 7) is 5.56. The van der Waals surface area contributed by atoms with Crippen molar-refractivity contribution in [2.75, 3.05) is 32.7 Å². The van der Waals surface area contributed by atoms with Gasteiger partial charge in [0, 0.05) is 39.1 Å². The minimum atomic E-state index is -0.734. The van der Waals surface area contributed by atoms with Gasteiger partial charge in [-0.2, -0.15) is 0 Å². The average molecular weight is 262 g/mol. The molecule has 4 heteroatoms. The highest BCUT2D eigenvalue weighted by Crippen LogP contribution is 2.08. The van der Waals surface area contributed by atoms with Gasteiger partial charge in [0.2, 0.25) is 0 Å². The molecule has 0 atom stereocenters. The number of rotatable bonds is 6. The summed E-state index contributed by atoms with van der Waals surface area (Å²) in [5, 5.41) is 12.0. The van der Waals surface area contributed by atoms with Crippen LogP contribution in [-0.2, 0) is 17.6 Å². The highest BCUT2D eigenvalue weighted by molar-refractivity contribution is 5.67. The third kappa shape index (κ3) is 5.01. The molecule has 1 aromatic rings. The SMILES string of the molecule is O=C(O)CCc1ccc(CCN2CCNCC2)cc1. The molecule has 0 aromatic heterocycles. The summed E-state index contributed by atoms with van der Waals surface area (Å²) in [6, 6.07) is 8.35. The van der Waals surface area contributed by atoms with Gasteiger partial charge in [0.25, 0.3) is 0 Å². The number of carboxylic acids is 1. The van der Waals surface area contributed by atoms with Gasteiger partial charge in [0.1, 0.15) is 0 Å². The molecular formula is C15H22N2O2. The predicted octanol–water partition coefficient (Wildman–Crippen LogP) is 1.15. The van der Waals surface area contributed by atoms with Crippen LogP contribution in [0.2, 0.25) is 0 Å². The van der Waals surface area contributed by atoms with E-state index in [1.54, 1.807) is 0 Å². The minimum absolute atomic E-state index is 0.208. The van der Waals surface area contributed by atoms with Crippen LogP contribution in [-0.4, -0.2) is 48.7 Å². The molecule has 1 fully saturated rings. The maximum Gasteiger partial charge on any atom is 0.303 e. The predicted molar refractivity (Wildman–Crippen MR) is 75.4 cm³/mol. The molecular weight excluding hydrogens is 240 g/mol. The standard InChI is InChI=1S/C15H22N2O2/c18-15(19)6-5-13-1-3-14(4-2-13)7-10-17-11-8-16-9-12-17/h1-4,16H,5-12H2,(H,18,19). The highest BCUT2D eigenvalue weighted by atomic mass is 16.4. The first-order valence-corrected chi connectivity index (χ1v) is 6.97. The molecule has 0 unspecified atom stereocenters. The lowest BCUT2D eigenvalue weighted by atomic mass is 10.1. The summed E-state index contributed by atoms with van der Waals surface area (Å²) in [7, 11) is 0. The maximum absolute atomic E-state index is 10.5. The zero-order valence-electron chi connectivity index (χ0n) is 11.3. The van der Waals surface area contributed by atoms with Crippen LogP contribution in [0.25, 0.3) is 0 Å². The number of carboxylic acid groups (broad SMARTS) is 1. The molecule has 0 bridgehead atoms. The van der Waals surface area contributed by atoms with E-state index in [1.165, 1.54) is 5.56 Å². The number of nitrogens with one attached hydrogen (secondary N) is 1. The van der Waals surface area contributed by atoms with Crippen LogP contribution in [0.5, 0.6) is 0 Å². The molecule has 0 spiro atoms. The lowest BCUT2D eigenvalue weighted by Crippen LogP contribution is -2.44. The van der Waals surface area contributed by atoms with Crippen molar-refractivity contribution in [1.29, 1.82) is 0 Å². The van der Waals surface area contributed by atoms with Crippen LogP contribution in [0.1, 0.15) is 17.5 Å². The van der Waals surface area contributed by atoms with Crippen LogP contribution in [0.15, 0.2) is 24.3 Å². The summed E-state index contributed by atoms with van der Waals surface area (Å²) in [4.78, 5) is 13.0. The largest absolute Gasteiger partial charge is 0.481 e. The number of aryl methyl sites for hydroxylation is 1. The van der Waals surface area contributed by atoms with Crippen LogP contribution in [0.3, 0.4) is 0 Å². The van der Waals surface area contributed by atoms with Gasteiger partial charge >= 0.3 is 5.97 Å². The fourth-order valence-corrected chi connectivity index (χ4v) is 2.35. The quantitative estimate of drug-likeness (QED) is 0.807. The Kier molecular flexibility index (Phi) is 5.36. The summed E-state index contributed by atoms with van der Waals surface area (Å²) in [5.74, 6) is -0.734. The highest BCUT2D eigenvalue weighted by Gasteiger charge is 2.08. The van der Waals surface area contributed by atoms with E-state index in [9.17, 15) is 4.79 Å². The third-order valence-corrected chi connectivity index (χ3v) is 3.58. The van der Waals surface area contributed by atoms with Crippen molar-refractivity contribution in [3.8, 4) is 0 Å². The van der Waals surface area contributed by atoms with Crippen molar-refractivity contribution in [2.24, 2.45) is 0 Å². The number of piperazine rings is 1. The third-order valence-electron chi connectivity index (χ3n) is 3.58. The van der Waals surface area contributed by atoms with Gasteiger partial charge in [-0.15, -0.1) is 0 Å². The van der Waals surface area contributed by atoms with Gasteiger partial charge in [-0.25, -0.2) is 0 Å². The van der Waals surface area contributed by atoms with Crippen molar-refractivity contribution in [2.45, 2.75) is 19.3 Å². The van der Waals surface area contributed by atoms with E-state index in [-0.39, 0.29) is 6.42 Å². The zero-order valence-corrected chi connectivity index (χ0v) is 11.3. The Hall–Kier alpha value is -1.39. The van der Waals surface area contributed by atoms with E-state index in [4.69, 9.17) is 5.11 Å². The van der Waals surface area contributed by atoms with Crippen LogP contribution in [0.4, 0.5) is 0 Å². The molecule has 1 aromatic carbocycles. The van der Waals surface area contributed by atoms with E-state index in [2.05, 4.69) is 34.5 Å². The van der Waals surface area contributed by atoms with E-state index in [0.717, 1.165) is 44.7 Å². The summed E-state index contributed by atoms with van der Waals surface area (Å²) in [6.07, 6.45) is 1.90. The number of hydrogen-bond acceptors (Lipinski definition) is 3. The zero-order chi connectivity index (χ0) is 13.5. The fraction of sp³-hybridized carbons (Fsp3) is 0.533. The van der Waals surface area contributed by atoms with Crippen molar-refractivity contribution in [1.82, 2.24) is 10.2 Å². The molecule has 0 amide bonds. The van der Waals surface area contributed by atoms with E-state index >= 15 is 0 Å². The molecule has 0 radical (unpaired) electrons. The number of hydrogen-bond donors (Lipinski definition) is 2. The second kappa shape index (κ2) is 7.26. The van der Waals surface area contributed by atoms with Crippen LogP contribution >= 0.6 is 0 Å². The Labute approximate surface area is 114 Å². The molecule has 4 nitrogen and oxygen atoms in total. The molecule has 1 heterocycles. The van der Waals surface area contributed by atoms with Gasteiger partial charge in [0.15, 0.2) is 0 Å². The van der Waals surface area contributed by atoms with Crippen molar-refractivity contribution in [3.05, 3.63) is 35.4 Å². The Morgan fingerprint density at radius 2 is 1.68 bits per heavy atom. The second-order valence-corrected chi connectivity index (χ2v) is 5.05. The van der Waals surface area contributed by atoms with Gasteiger partial charge < -0.3 is 15.3 Å². The molecule has 1 aliphatic heterocycles. The molecule has 19 heavy (non-hydrogen) atoms. The lowest BCUT2D eigenvalue weighted by Gasteiger charge is -2.27. The first kappa shape index (κ1) is 14.0. The number of aliphatic carboxylic acids is 1. The molecule has 0 saturated carbocycles. The molecule has 1 saturated heterocycles. The van der Waals surface area contributed by atoms with Crippen LogP contribution in [0, 0.1) is 0 Å². The normalized spacial score (nSPS) is 16.4. The van der Waals surface area contributed by atoms with Gasteiger partial charge in [-0.1, -0.05) is 24.3 Å². The molecule has 0 aliphatic carbocycles. The topological polar surface area (TPSA) is 52.6 Å². The number of carbonyl (C=O) groups is 1. The van der Waals surface area contributed by atoms with E-state index in [0.29, 0.717) is 6.42 Å². The van der Waals surface area contributed by atoms with E-state index in [1.807, 2.05) is 0 Å². The average Bonchev–Trinajstić information content (AvgIpc) is 2.45. The van der Waals surface area contributed by atoms with Gasteiger partial charge in [-0.05, 0) is 24.0 Å². The maximum atomic E-state index is 10.5. The Morgan fingerprint density at radius 1 is 1.11 bits per heavy atom. The lowest BCUT2D eigenvalue weighted by molar-refractivity contribution is -0.136. The Bertz CT molecular complexity index is 397. The minimum Gasteiger partial charge on any atom is -0.481 e. The molecule has 2 rings (SSSR count). The molecule has 104 valence electrons. The van der Waals surface area contributed by atoms with Gasteiger partial charge in [-0.3, -0.25) is 4.79 Å². The first-order valence-electron chi connectivity index (χ1n) is 6.97. The monoisotopic (exact) mass is 262 g/mol. The summed E-state index contributed by atoms with van der Waals surface area (Å²) < 4.78 is 0. The number of benzene rings is 1. The fourth-order valence-electron chi connectivity index (χ4n) is 2.35. The molecule has 1 aliphatic rings. The second-order valence-electron chi connectivity index (χ2n) is 5.05. The van der Waals surface area contributed by atoms with Crippen molar-refractivity contribution >= 4 is 5.97 Å². The summed E-state index contributed by atoms with van der Waals surface area (Å²) >= 11 is 0. The van der Waals surface area contributed by atoms with Gasteiger partial charge in [0.05, 0.1) is 0 Å². The summed E-state index contributed by atoms with van der Waals surface area (Å²) in [5.41, 5.74) is 2.44. The Morgan fingerprint density at radius 3 is 2.26 bits per heavy atom. The molecule has 2 N–H and O–H groups in total. The smallest absolute Gasteiger partial charge is 0.303 e. The number of nitrogens with zero attached hydrogens (tertiary/aromatic N) is 1. The van der Waals surface area contributed by atoms with Crippen molar-refractivity contribution < 1.29 is 9.90 Å². The Balaban J connectivity index is 1.76. The first-order chi connectivity index (χ1) is 9.24. The van der Waals surface area contributed by atoms with E-state index < -0.39 is 5.97 Å².